The first-order valence-electron chi connectivity index (χ1n) is 6.38. The van der Waals surface area contributed by atoms with Crippen molar-refractivity contribution in [2.24, 2.45) is 0 Å². The molecule has 0 bridgehead atoms. The molecule has 0 heterocycles. The van der Waals surface area contributed by atoms with Crippen LogP contribution in [0.5, 0.6) is 0 Å². The fourth-order valence-corrected chi connectivity index (χ4v) is 1.46. The summed E-state index contributed by atoms with van der Waals surface area (Å²) in [7, 11) is 0. The molecule has 5 heteroatoms. The first-order valence-corrected chi connectivity index (χ1v) is 6.38. The van der Waals surface area contributed by atoms with Gasteiger partial charge in [0.2, 0.25) is 0 Å². The summed E-state index contributed by atoms with van der Waals surface area (Å²) in [5, 5.41) is 5.35. The molecule has 0 saturated heterocycles. The van der Waals surface area contributed by atoms with Crippen molar-refractivity contribution in [2.45, 2.75) is 33.2 Å². The van der Waals surface area contributed by atoms with Crippen molar-refractivity contribution in [3.8, 4) is 0 Å². The molecule has 0 aliphatic heterocycles. The topological polar surface area (TPSA) is 67.4 Å². The Balaban J connectivity index is 2.78. The zero-order valence-electron chi connectivity index (χ0n) is 11.5. The summed E-state index contributed by atoms with van der Waals surface area (Å²) in [5.74, 6) is -0.428. The molecule has 2 amide bonds. The van der Waals surface area contributed by atoms with E-state index in [0.29, 0.717) is 17.9 Å². The molecule has 0 unspecified atom stereocenters. The van der Waals surface area contributed by atoms with Crippen LogP contribution in [0.3, 0.4) is 0 Å². The van der Waals surface area contributed by atoms with Crippen molar-refractivity contribution >= 4 is 17.7 Å². The Morgan fingerprint density at radius 1 is 1.26 bits per heavy atom. The van der Waals surface area contributed by atoms with Crippen molar-refractivity contribution < 1.29 is 14.3 Å². The standard InChI is InChI=1S/C14H20N2O3/c1-4-9-19-13(17)11-7-5-6-8-12(11)16-14(18)15-10(2)3/h5-8,10H,4,9H2,1-3H3,(H2,15,16,18). The molecule has 0 aromatic heterocycles. The maximum absolute atomic E-state index is 11.8. The monoisotopic (exact) mass is 264 g/mol. The maximum Gasteiger partial charge on any atom is 0.340 e. The highest BCUT2D eigenvalue weighted by atomic mass is 16.5. The number of carbonyl (C=O) groups is 2. The second-order valence-corrected chi connectivity index (χ2v) is 4.43. The number of para-hydroxylation sites is 1. The van der Waals surface area contributed by atoms with Gasteiger partial charge in [-0.05, 0) is 32.4 Å². The molecule has 1 aromatic rings. The van der Waals surface area contributed by atoms with Crippen molar-refractivity contribution in [3.63, 3.8) is 0 Å². The lowest BCUT2D eigenvalue weighted by Crippen LogP contribution is -2.34. The number of rotatable bonds is 5. The summed E-state index contributed by atoms with van der Waals surface area (Å²) in [6.45, 7) is 6.01. The Morgan fingerprint density at radius 2 is 1.95 bits per heavy atom. The third kappa shape index (κ3) is 4.99. The zero-order chi connectivity index (χ0) is 14.3. The van der Waals surface area contributed by atoms with E-state index in [4.69, 9.17) is 4.74 Å². The molecular weight excluding hydrogens is 244 g/mol. The van der Waals surface area contributed by atoms with E-state index in [1.54, 1.807) is 24.3 Å². The van der Waals surface area contributed by atoms with Crippen LogP contribution in [-0.4, -0.2) is 24.6 Å². The van der Waals surface area contributed by atoms with Gasteiger partial charge in [-0.3, -0.25) is 0 Å². The van der Waals surface area contributed by atoms with Gasteiger partial charge in [0.15, 0.2) is 0 Å². The number of hydrogen-bond acceptors (Lipinski definition) is 3. The van der Waals surface area contributed by atoms with Crippen molar-refractivity contribution in [2.75, 3.05) is 11.9 Å². The third-order valence-corrected chi connectivity index (χ3v) is 2.25. The van der Waals surface area contributed by atoms with Crippen molar-refractivity contribution in [3.05, 3.63) is 29.8 Å². The molecule has 5 nitrogen and oxygen atoms in total. The molecule has 1 rings (SSSR count). The molecule has 0 saturated carbocycles. The van der Waals surface area contributed by atoms with Crippen LogP contribution >= 0.6 is 0 Å². The fraction of sp³-hybridized carbons (Fsp3) is 0.429. The summed E-state index contributed by atoms with van der Waals surface area (Å²) in [6.07, 6.45) is 0.759. The van der Waals surface area contributed by atoms with Gasteiger partial charge >= 0.3 is 12.0 Å². The summed E-state index contributed by atoms with van der Waals surface area (Å²) >= 11 is 0. The van der Waals surface area contributed by atoms with E-state index in [-0.39, 0.29) is 12.1 Å². The Bertz CT molecular complexity index is 444. The lowest BCUT2D eigenvalue weighted by atomic mass is 10.2. The van der Waals surface area contributed by atoms with Crippen LogP contribution in [0.25, 0.3) is 0 Å². The van der Waals surface area contributed by atoms with E-state index in [1.165, 1.54) is 0 Å². The summed E-state index contributed by atoms with van der Waals surface area (Å²) < 4.78 is 5.07. The highest BCUT2D eigenvalue weighted by Crippen LogP contribution is 2.16. The number of anilines is 1. The van der Waals surface area contributed by atoms with Gasteiger partial charge in [-0.15, -0.1) is 0 Å². The van der Waals surface area contributed by atoms with Gasteiger partial charge in [0.25, 0.3) is 0 Å². The van der Waals surface area contributed by atoms with Gasteiger partial charge < -0.3 is 15.4 Å². The fourth-order valence-electron chi connectivity index (χ4n) is 1.46. The van der Waals surface area contributed by atoms with Gasteiger partial charge in [-0.25, -0.2) is 9.59 Å². The van der Waals surface area contributed by atoms with Gasteiger partial charge in [0.1, 0.15) is 0 Å². The molecule has 0 radical (unpaired) electrons. The smallest absolute Gasteiger partial charge is 0.340 e. The maximum atomic E-state index is 11.8. The van der Waals surface area contributed by atoms with E-state index in [2.05, 4.69) is 10.6 Å². The van der Waals surface area contributed by atoms with E-state index in [1.807, 2.05) is 20.8 Å². The van der Waals surface area contributed by atoms with Gasteiger partial charge in [-0.1, -0.05) is 19.1 Å². The summed E-state index contributed by atoms with van der Waals surface area (Å²) in [4.78, 5) is 23.5. The molecule has 19 heavy (non-hydrogen) atoms. The second kappa shape index (κ2) is 7.41. The normalized spacial score (nSPS) is 10.1. The Labute approximate surface area is 113 Å². The minimum atomic E-state index is -0.428. The number of carbonyl (C=O) groups excluding carboxylic acids is 2. The average molecular weight is 264 g/mol. The lowest BCUT2D eigenvalue weighted by molar-refractivity contribution is 0.0506. The molecule has 0 spiro atoms. The molecule has 0 aliphatic rings. The predicted molar refractivity (Wildman–Crippen MR) is 74.3 cm³/mol. The zero-order valence-corrected chi connectivity index (χ0v) is 11.5. The molecule has 0 fully saturated rings. The van der Waals surface area contributed by atoms with E-state index < -0.39 is 5.97 Å². The molecule has 0 atom stereocenters. The van der Waals surface area contributed by atoms with Crippen LogP contribution in [0.15, 0.2) is 24.3 Å². The van der Waals surface area contributed by atoms with Crippen molar-refractivity contribution in [1.29, 1.82) is 0 Å². The van der Waals surface area contributed by atoms with E-state index in [0.717, 1.165) is 6.42 Å². The first kappa shape index (κ1) is 15.0. The first-order chi connectivity index (χ1) is 9.04. The van der Waals surface area contributed by atoms with Crippen LogP contribution < -0.4 is 10.6 Å². The van der Waals surface area contributed by atoms with E-state index >= 15 is 0 Å². The Hall–Kier alpha value is -2.04. The number of esters is 1. The molecule has 104 valence electrons. The molecule has 2 N–H and O–H groups in total. The van der Waals surface area contributed by atoms with Crippen LogP contribution in [0.2, 0.25) is 0 Å². The quantitative estimate of drug-likeness (QED) is 0.803. The van der Waals surface area contributed by atoms with Crippen LogP contribution in [-0.2, 0) is 4.74 Å². The third-order valence-electron chi connectivity index (χ3n) is 2.25. The lowest BCUT2D eigenvalue weighted by Gasteiger charge is -2.13. The average Bonchev–Trinajstić information content (AvgIpc) is 2.35. The summed E-state index contributed by atoms with van der Waals surface area (Å²) in [6, 6.07) is 6.46. The highest BCUT2D eigenvalue weighted by Gasteiger charge is 2.14. The number of ether oxygens (including phenoxy) is 1. The number of amides is 2. The van der Waals surface area contributed by atoms with Crippen LogP contribution in [0.1, 0.15) is 37.6 Å². The van der Waals surface area contributed by atoms with Crippen molar-refractivity contribution in [1.82, 2.24) is 5.32 Å². The van der Waals surface area contributed by atoms with Gasteiger partial charge in [-0.2, -0.15) is 0 Å². The van der Waals surface area contributed by atoms with Gasteiger partial charge in [0.05, 0.1) is 17.9 Å². The minimum absolute atomic E-state index is 0.0270. The summed E-state index contributed by atoms with van der Waals surface area (Å²) in [5.41, 5.74) is 0.802. The second-order valence-electron chi connectivity index (χ2n) is 4.43. The predicted octanol–water partition coefficient (Wildman–Crippen LogP) is 2.78. The molecule has 1 aromatic carbocycles. The van der Waals surface area contributed by atoms with Crippen LogP contribution in [0.4, 0.5) is 10.5 Å². The van der Waals surface area contributed by atoms with Gasteiger partial charge in [0, 0.05) is 6.04 Å². The minimum Gasteiger partial charge on any atom is -0.462 e. The Morgan fingerprint density at radius 3 is 2.58 bits per heavy atom. The number of nitrogens with one attached hydrogen (secondary N) is 2. The number of hydrogen-bond donors (Lipinski definition) is 2. The van der Waals surface area contributed by atoms with Crippen LogP contribution in [0, 0.1) is 0 Å². The largest absolute Gasteiger partial charge is 0.462 e. The van der Waals surface area contributed by atoms with E-state index in [9.17, 15) is 9.59 Å². The molecule has 0 aliphatic carbocycles. The SMILES string of the molecule is CCCOC(=O)c1ccccc1NC(=O)NC(C)C. The molecular formula is C14H20N2O3. The number of benzene rings is 1. The number of urea groups is 1. The highest BCUT2D eigenvalue weighted by molar-refractivity contribution is 6.00. The Kier molecular flexibility index (Phi) is 5.85.